The minimum atomic E-state index is -0.439. The monoisotopic (exact) mass is 261 g/mol. The second-order valence-corrected chi connectivity index (χ2v) is 3.98. The maximum atomic E-state index is 8.99. The van der Waals surface area contributed by atoms with Crippen molar-refractivity contribution >= 4 is 15.9 Å². The van der Waals surface area contributed by atoms with Crippen LogP contribution in [0.25, 0.3) is 0 Å². The van der Waals surface area contributed by atoms with Crippen molar-refractivity contribution in [2.24, 2.45) is 5.73 Å². The summed E-state index contributed by atoms with van der Waals surface area (Å²) in [6, 6.07) is -0.439. The van der Waals surface area contributed by atoms with Gasteiger partial charge in [0, 0.05) is 13.0 Å². The Morgan fingerprint density at radius 3 is 3.21 bits per heavy atom. The number of hydrogen-bond donors (Lipinski definition) is 2. The molecule has 0 bridgehead atoms. The highest BCUT2D eigenvalue weighted by Crippen LogP contribution is 2.33. The van der Waals surface area contributed by atoms with Crippen LogP contribution in [-0.4, -0.2) is 28.1 Å². The fourth-order valence-electron chi connectivity index (χ4n) is 1.52. The van der Waals surface area contributed by atoms with Gasteiger partial charge in [0.2, 0.25) is 5.88 Å². The van der Waals surface area contributed by atoms with Gasteiger partial charge in [-0.3, -0.25) is 0 Å². The van der Waals surface area contributed by atoms with Gasteiger partial charge in [0.05, 0.1) is 24.8 Å². The SMILES string of the molecule is NC(CO)c1c(Br)nn2c1OCCC2. The topological polar surface area (TPSA) is 73.3 Å². The molecule has 0 spiro atoms. The Hall–Kier alpha value is -0.590. The molecule has 1 unspecified atom stereocenters. The lowest BCUT2D eigenvalue weighted by atomic mass is 10.2. The predicted octanol–water partition coefficient (Wildman–Crippen LogP) is 0.420. The first-order valence-electron chi connectivity index (χ1n) is 4.49. The van der Waals surface area contributed by atoms with Gasteiger partial charge in [0.25, 0.3) is 0 Å². The fraction of sp³-hybridized carbons (Fsp3) is 0.625. The highest BCUT2D eigenvalue weighted by Gasteiger charge is 2.24. The molecule has 0 amide bonds. The lowest BCUT2D eigenvalue weighted by molar-refractivity contribution is 0.220. The Morgan fingerprint density at radius 1 is 1.71 bits per heavy atom. The minimum absolute atomic E-state index is 0.110. The first kappa shape index (κ1) is 9.95. The summed E-state index contributed by atoms with van der Waals surface area (Å²) in [5, 5.41) is 13.2. The summed E-state index contributed by atoms with van der Waals surface area (Å²) >= 11 is 3.32. The standard InChI is InChI=1S/C8H12BrN3O2/c9-7-6(5(10)4-13)8-12(11-7)2-1-3-14-8/h5,13H,1-4,10H2. The summed E-state index contributed by atoms with van der Waals surface area (Å²) in [6.07, 6.45) is 0.953. The molecule has 1 aliphatic rings. The van der Waals surface area contributed by atoms with Crippen LogP contribution in [0.5, 0.6) is 5.88 Å². The maximum absolute atomic E-state index is 8.99. The van der Waals surface area contributed by atoms with Crippen LogP contribution >= 0.6 is 15.9 Å². The van der Waals surface area contributed by atoms with E-state index in [0.717, 1.165) is 18.5 Å². The zero-order valence-electron chi connectivity index (χ0n) is 7.61. The summed E-state index contributed by atoms with van der Waals surface area (Å²) in [5.41, 5.74) is 6.51. The summed E-state index contributed by atoms with van der Waals surface area (Å²) in [5.74, 6) is 0.685. The average Bonchev–Trinajstić information content (AvgIpc) is 2.53. The molecule has 5 nitrogen and oxygen atoms in total. The molecule has 14 heavy (non-hydrogen) atoms. The van der Waals surface area contributed by atoms with Crippen LogP contribution in [0.3, 0.4) is 0 Å². The van der Waals surface area contributed by atoms with Gasteiger partial charge in [-0.2, -0.15) is 5.10 Å². The number of aryl methyl sites for hydroxylation is 1. The number of fused-ring (bicyclic) bond motifs is 1. The number of hydrogen-bond acceptors (Lipinski definition) is 4. The van der Waals surface area contributed by atoms with Crippen LogP contribution in [0.2, 0.25) is 0 Å². The molecule has 1 aliphatic heterocycles. The smallest absolute Gasteiger partial charge is 0.217 e. The molecule has 6 heteroatoms. The van der Waals surface area contributed by atoms with Crippen molar-refractivity contribution in [1.82, 2.24) is 9.78 Å². The molecular formula is C8H12BrN3O2. The maximum Gasteiger partial charge on any atom is 0.217 e. The largest absolute Gasteiger partial charge is 0.477 e. The highest BCUT2D eigenvalue weighted by atomic mass is 79.9. The van der Waals surface area contributed by atoms with Gasteiger partial charge in [-0.25, -0.2) is 4.68 Å². The van der Waals surface area contributed by atoms with Gasteiger partial charge < -0.3 is 15.6 Å². The van der Waals surface area contributed by atoms with E-state index >= 15 is 0 Å². The van der Waals surface area contributed by atoms with E-state index in [1.807, 2.05) is 0 Å². The molecule has 0 saturated carbocycles. The second kappa shape index (κ2) is 3.88. The van der Waals surface area contributed by atoms with Crippen molar-refractivity contribution < 1.29 is 9.84 Å². The molecule has 1 aromatic rings. The Bertz CT molecular complexity index is 340. The van der Waals surface area contributed by atoms with Crippen molar-refractivity contribution in [2.45, 2.75) is 19.0 Å². The van der Waals surface area contributed by atoms with Crippen LogP contribution in [0.4, 0.5) is 0 Å². The Kier molecular flexibility index (Phi) is 2.76. The van der Waals surface area contributed by atoms with Crippen LogP contribution in [-0.2, 0) is 6.54 Å². The molecular weight excluding hydrogens is 250 g/mol. The first-order valence-corrected chi connectivity index (χ1v) is 5.28. The predicted molar refractivity (Wildman–Crippen MR) is 54.1 cm³/mol. The van der Waals surface area contributed by atoms with E-state index in [1.165, 1.54) is 0 Å². The zero-order chi connectivity index (χ0) is 10.1. The number of aliphatic hydroxyl groups is 1. The summed E-state index contributed by atoms with van der Waals surface area (Å²) in [6.45, 7) is 1.41. The number of rotatable bonds is 2. The van der Waals surface area contributed by atoms with E-state index in [0.29, 0.717) is 17.1 Å². The molecule has 78 valence electrons. The van der Waals surface area contributed by atoms with E-state index in [9.17, 15) is 0 Å². The Morgan fingerprint density at radius 2 is 2.50 bits per heavy atom. The molecule has 1 atom stereocenters. The van der Waals surface area contributed by atoms with Gasteiger partial charge in [0.15, 0.2) is 0 Å². The van der Waals surface area contributed by atoms with E-state index in [4.69, 9.17) is 15.6 Å². The van der Waals surface area contributed by atoms with Crippen LogP contribution in [0.15, 0.2) is 4.60 Å². The first-order chi connectivity index (χ1) is 6.74. The van der Waals surface area contributed by atoms with Crippen LogP contribution < -0.4 is 10.5 Å². The molecule has 0 aromatic carbocycles. The number of ether oxygens (including phenoxy) is 1. The van der Waals surface area contributed by atoms with Crippen LogP contribution in [0.1, 0.15) is 18.0 Å². The number of aromatic nitrogens is 2. The highest BCUT2D eigenvalue weighted by molar-refractivity contribution is 9.10. The van der Waals surface area contributed by atoms with Gasteiger partial charge in [-0.1, -0.05) is 0 Å². The van der Waals surface area contributed by atoms with E-state index < -0.39 is 6.04 Å². The second-order valence-electron chi connectivity index (χ2n) is 3.22. The molecule has 3 N–H and O–H groups in total. The normalized spacial score (nSPS) is 17.4. The molecule has 0 radical (unpaired) electrons. The lowest BCUT2D eigenvalue weighted by Crippen LogP contribution is -2.19. The molecule has 0 fully saturated rings. The fourth-order valence-corrected chi connectivity index (χ4v) is 2.18. The van der Waals surface area contributed by atoms with E-state index in [2.05, 4.69) is 21.0 Å². The molecule has 2 rings (SSSR count). The van der Waals surface area contributed by atoms with Crippen LogP contribution in [0, 0.1) is 0 Å². The third-order valence-electron chi connectivity index (χ3n) is 2.22. The third kappa shape index (κ3) is 1.53. The van der Waals surface area contributed by atoms with E-state index in [1.54, 1.807) is 4.68 Å². The van der Waals surface area contributed by atoms with Crippen molar-refractivity contribution in [3.05, 3.63) is 10.2 Å². The minimum Gasteiger partial charge on any atom is -0.477 e. The van der Waals surface area contributed by atoms with Gasteiger partial charge in [0.1, 0.15) is 4.60 Å². The zero-order valence-corrected chi connectivity index (χ0v) is 9.20. The summed E-state index contributed by atoms with van der Waals surface area (Å²) in [7, 11) is 0. The third-order valence-corrected chi connectivity index (χ3v) is 2.80. The van der Waals surface area contributed by atoms with Gasteiger partial charge in [-0.05, 0) is 15.9 Å². The summed E-state index contributed by atoms with van der Waals surface area (Å²) in [4.78, 5) is 0. The average molecular weight is 262 g/mol. The van der Waals surface area contributed by atoms with Crippen molar-refractivity contribution in [2.75, 3.05) is 13.2 Å². The van der Waals surface area contributed by atoms with Crippen molar-refractivity contribution in [3.63, 3.8) is 0 Å². The Balaban J connectivity index is 2.42. The quantitative estimate of drug-likeness (QED) is 0.810. The summed E-state index contributed by atoms with van der Waals surface area (Å²) < 4.78 is 7.92. The number of aliphatic hydroxyl groups excluding tert-OH is 1. The number of nitrogens with zero attached hydrogens (tertiary/aromatic N) is 2. The molecule has 2 heterocycles. The van der Waals surface area contributed by atoms with E-state index in [-0.39, 0.29) is 6.61 Å². The lowest BCUT2D eigenvalue weighted by Gasteiger charge is -2.17. The molecule has 0 aliphatic carbocycles. The Labute approximate surface area is 90.0 Å². The number of nitrogens with two attached hydrogens (primary N) is 1. The van der Waals surface area contributed by atoms with Gasteiger partial charge >= 0.3 is 0 Å². The van der Waals surface area contributed by atoms with Crippen molar-refractivity contribution in [3.8, 4) is 5.88 Å². The van der Waals surface area contributed by atoms with Crippen molar-refractivity contribution in [1.29, 1.82) is 0 Å². The number of halogens is 1. The molecule has 0 saturated heterocycles. The molecule has 1 aromatic heterocycles. The van der Waals surface area contributed by atoms with Gasteiger partial charge in [-0.15, -0.1) is 0 Å².